The summed E-state index contributed by atoms with van der Waals surface area (Å²) >= 11 is 2.42. The van der Waals surface area contributed by atoms with Gasteiger partial charge in [-0.1, -0.05) is 0 Å². The molecule has 0 saturated carbocycles. The molecule has 6 nitrogen and oxygen atoms in total. The number of nitrogens with one attached hydrogen (secondary N) is 1. The average molecular weight is 290 g/mol. The lowest BCUT2D eigenvalue weighted by atomic mass is 10.3. The number of amides is 2. The minimum atomic E-state index is -0.828. The zero-order chi connectivity index (χ0) is 13.5. The molecule has 5 N–H and O–H groups in total. The Morgan fingerprint density at radius 3 is 2.89 bits per heavy atom. The molecule has 0 radical (unpaired) electrons. The second-order valence-electron chi connectivity index (χ2n) is 3.43. The summed E-state index contributed by atoms with van der Waals surface area (Å²) in [5.41, 5.74) is 5.43. The van der Waals surface area contributed by atoms with E-state index in [4.69, 9.17) is 15.9 Å². The smallest absolute Gasteiger partial charge is 0.251 e. The van der Waals surface area contributed by atoms with Crippen LogP contribution in [0.3, 0.4) is 0 Å². The van der Waals surface area contributed by atoms with Gasteiger partial charge in [-0.2, -0.15) is 0 Å². The van der Waals surface area contributed by atoms with E-state index in [9.17, 15) is 9.59 Å². The predicted octanol–water partition coefficient (Wildman–Crippen LogP) is -0.128. The molecule has 0 saturated heterocycles. The van der Waals surface area contributed by atoms with Gasteiger partial charge in [0, 0.05) is 5.75 Å². The van der Waals surface area contributed by atoms with Gasteiger partial charge < -0.3 is 21.3 Å². The fraction of sp³-hybridized carbons (Fsp3) is 0.400. The Hall–Kier alpha value is -1.09. The molecule has 1 rings (SSSR count). The van der Waals surface area contributed by atoms with Gasteiger partial charge in [0.15, 0.2) is 0 Å². The van der Waals surface area contributed by atoms with E-state index in [1.54, 1.807) is 11.4 Å². The van der Waals surface area contributed by atoms with Gasteiger partial charge in [0.2, 0.25) is 5.91 Å². The Kier molecular flexibility index (Phi) is 6.13. The average Bonchev–Trinajstić information content (AvgIpc) is 2.76. The molecule has 0 fully saturated rings. The predicted molar refractivity (Wildman–Crippen MR) is 71.9 cm³/mol. The van der Waals surface area contributed by atoms with Crippen LogP contribution >= 0.6 is 23.1 Å². The van der Waals surface area contributed by atoms with Crippen LogP contribution in [0.15, 0.2) is 11.4 Å². The lowest BCUT2D eigenvalue weighted by Gasteiger charge is -2.07. The van der Waals surface area contributed by atoms with E-state index in [0.717, 1.165) is 0 Å². The summed E-state index contributed by atoms with van der Waals surface area (Å²) in [6, 6.07) is 1.55. The number of rotatable bonds is 7. The van der Waals surface area contributed by atoms with Crippen molar-refractivity contribution < 1.29 is 19.8 Å². The highest BCUT2D eigenvalue weighted by Gasteiger charge is 2.12. The van der Waals surface area contributed by atoms with Gasteiger partial charge >= 0.3 is 0 Å². The number of carbonyl (C=O) groups excluding carboxylic acids is 2. The van der Waals surface area contributed by atoms with Gasteiger partial charge in [0.1, 0.15) is 5.00 Å². The number of thiophene rings is 1. The topological polar surface area (TPSA) is 113 Å². The first-order chi connectivity index (χ1) is 8.54. The van der Waals surface area contributed by atoms with Crippen molar-refractivity contribution in [2.75, 3.05) is 23.4 Å². The highest BCUT2D eigenvalue weighted by molar-refractivity contribution is 8.00. The van der Waals surface area contributed by atoms with Crippen molar-refractivity contribution in [1.29, 1.82) is 0 Å². The highest BCUT2D eigenvalue weighted by atomic mass is 32.2. The van der Waals surface area contributed by atoms with Crippen molar-refractivity contribution in [3.05, 3.63) is 17.0 Å². The van der Waals surface area contributed by atoms with Crippen molar-refractivity contribution in [2.45, 2.75) is 6.10 Å². The number of carbonyl (C=O) groups is 2. The Morgan fingerprint density at radius 2 is 2.28 bits per heavy atom. The van der Waals surface area contributed by atoms with Crippen molar-refractivity contribution in [1.82, 2.24) is 0 Å². The summed E-state index contributed by atoms with van der Waals surface area (Å²) in [4.78, 5) is 22.6. The lowest BCUT2D eigenvalue weighted by molar-refractivity contribution is -0.113. The van der Waals surface area contributed by atoms with Crippen LogP contribution in [-0.2, 0) is 4.79 Å². The molecule has 0 spiro atoms. The lowest BCUT2D eigenvalue weighted by Crippen LogP contribution is -2.20. The monoisotopic (exact) mass is 290 g/mol. The van der Waals surface area contributed by atoms with Gasteiger partial charge in [-0.05, 0) is 11.4 Å². The number of nitrogens with two attached hydrogens (primary N) is 1. The number of hydrogen-bond donors (Lipinski definition) is 4. The maximum absolute atomic E-state index is 11.5. The van der Waals surface area contributed by atoms with Crippen molar-refractivity contribution in [3.63, 3.8) is 0 Å². The second-order valence-corrected chi connectivity index (χ2v) is 5.37. The van der Waals surface area contributed by atoms with Crippen LogP contribution in [0.1, 0.15) is 10.4 Å². The molecule has 1 atom stereocenters. The largest absolute Gasteiger partial charge is 0.394 e. The zero-order valence-electron chi connectivity index (χ0n) is 9.46. The summed E-state index contributed by atoms with van der Waals surface area (Å²) in [5.74, 6) is -0.463. The van der Waals surface area contributed by atoms with Crippen LogP contribution in [0.2, 0.25) is 0 Å². The molecule has 8 heteroatoms. The third kappa shape index (κ3) is 4.65. The summed E-state index contributed by atoms with van der Waals surface area (Å²) in [6.07, 6.45) is -0.828. The summed E-state index contributed by atoms with van der Waals surface area (Å²) in [5, 5.41) is 22.3. The molecule has 0 aliphatic heterocycles. The first kappa shape index (κ1) is 15.0. The van der Waals surface area contributed by atoms with Gasteiger partial charge in [-0.15, -0.1) is 23.1 Å². The molecule has 1 unspecified atom stereocenters. The zero-order valence-corrected chi connectivity index (χ0v) is 11.1. The van der Waals surface area contributed by atoms with Gasteiger partial charge in [-0.25, -0.2) is 0 Å². The number of primary amides is 1. The molecule has 0 aromatic carbocycles. The van der Waals surface area contributed by atoms with Gasteiger partial charge in [0.05, 0.1) is 24.0 Å². The third-order valence-corrected chi connectivity index (χ3v) is 3.85. The molecule has 100 valence electrons. The van der Waals surface area contributed by atoms with Gasteiger partial charge in [0.25, 0.3) is 5.91 Å². The van der Waals surface area contributed by atoms with E-state index in [-0.39, 0.29) is 29.6 Å². The van der Waals surface area contributed by atoms with Crippen molar-refractivity contribution in [2.24, 2.45) is 5.73 Å². The quantitative estimate of drug-likeness (QED) is 0.559. The van der Waals surface area contributed by atoms with Crippen LogP contribution in [0.5, 0.6) is 0 Å². The molecule has 0 bridgehead atoms. The fourth-order valence-corrected chi connectivity index (χ4v) is 2.66. The molecule has 1 aromatic rings. The van der Waals surface area contributed by atoms with E-state index in [2.05, 4.69) is 5.32 Å². The number of anilines is 1. The van der Waals surface area contributed by atoms with E-state index in [1.165, 1.54) is 23.1 Å². The molecular formula is C10H14N2O4S2. The maximum atomic E-state index is 11.5. The maximum Gasteiger partial charge on any atom is 0.251 e. The van der Waals surface area contributed by atoms with Crippen LogP contribution in [-0.4, -0.2) is 46.2 Å². The number of hydrogen-bond acceptors (Lipinski definition) is 6. The van der Waals surface area contributed by atoms with E-state index >= 15 is 0 Å². The molecule has 1 aromatic heterocycles. The van der Waals surface area contributed by atoms with E-state index < -0.39 is 12.0 Å². The first-order valence-corrected chi connectivity index (χ1v) is 7.11. The van der Waals surface area contributed by atoms with Gasteiger partial charge in [-0.3, -0.25) is 9.59 Å². The van der Waals surface area contributed by atoms with E-state index in [1.807, 2.05) is 0 Å². The SMILES string of the molecule is NC(=O)c1ccsc1NC(=O)CSCC(O)CO. The number of aliphatic hydroxyl groups excluding tert-OH is 2. The Labute approximate surface area is 112 Å². The summed E-state index contributed by atoms with van der Waals surface area (Å²) in [7, 11) is 0. The van der Waals surface area contributed by atoms with Crippen molar-refractivity contribution in [3.8, 4) is 0 Å². The summed E-state index contributed by atoms with van der Waals surface area (Å²) in [6.45, 7) is -0.328. The Bertz CT molecular complexity index is 422. The molecule has 0 aliphatic carbocycles. The Balaban J connectivity index is 2.40. The van der Waals surface area contributed by atoms with Crippen LogP contribution in [0, 0.1) is 0 Å². The first-order valence-electron chi connectivity index (χ1n) is 5.08. The molecule has 1 heterocycles. The minimum absolute atomic E-state index is 0.132. The highest BCUT2D eigenvalue weighted by Crippen LogP contribution is 2.22. The minimum Gasteiger partial charge on any atom is -0.394 e. The molecule has 18 heavy (non-hydrogen) atoms. The second kappa shape index (κ2) is 7.37. The van der Waals surface area contributed by atoms with Crippen LogP contribution in [0.4, 0.5) is 5.00 Å². The number of aliphatic hydroxyl groups is 2. The Morgan fingerprint density at radius 1 is 1.56 bits per heavy atom. The van der Waals surface area contributed by atoms with Crippen molar-refractivity contribution >= 4 is 39.9 Å². The number of thioether (sulfide) groups is 1. The molecule has 0 aliphatic rings. The van der Waals surface area contributed by atoms with Crippen LogP contribution in [0.25, 0.3) is 0 Å². The molecular weight excluding hydrogens is 276 g/mol. The third-order valence-electron chi connectivity index (χ3n) is 1.94. The van der Waals surface area contributed by atoms with E-state index in [0.29, 0.717) is 5.00 Å². The standard InChI is InChI=1S/C10H14N2O4S2/c11-9(16)7-1-2-18-10(7)12-8(15)5-17-4-6(14)3-13/h1-2,6,13-14H,3-5H2,(H2,11,16)(H,12,15). The summed E-state index contributed by atoms with van der Waals surface area (Å²) < 4.78 is 0. The van der Waals surface area contributed by atoms with Crippen LogP contribution < -0.4 is 11.1 Å². The molecule has 2 amide bonds. The normalized spacial score (nSPS) is 12.1. The fourth-order valence-electron chi connectivity index (χ4n) is 1.10.